The maximum atomic E-state index is 13.7. The number of anilines is 1. The van der Waals surface area contributed by atoms with Gasteiger partial charge in [-0.05, 0) is 23.8 Å². The number of benzene rings is 2. The molecule has 120 valence electrons. The molecule has 24 heavy (non-hydrogen) atoms. The van der Waals surface area contributed by atoms with E-state index in [0.29, 0.717) is 10.6 Å². The third kappa shape index (κ3) is 3.94. The molecular weight excluding hydrogens is 337 g/mol. The van der Waals surface area contributed by atoms with E-state index in [4.69, 9.17) is 16.9 Å². The first-order chi connectivity index (χ1) is 11.4. The van der Waals surface area contributed by atoms with E-state index in [2.05, 4.69) is 5.32 Å². The Kier molecular flexibility index (Phi) is 5.24. The van der Waals surface area contributed by atoms with Crippen molar-refractivity contribution < 1.29 is 14.1 Å². The number of amides is 1. The number of non-ortho nitro benzene ring substituents is 1. The van der Waals surface area contributed by atoms with Crippen molar-refractivity contribution in [2.45, 2.75) is 0 Å². The van der Waals surface area contributed by atoms with Gasteiger partial charge in [0.1, 0.15) is 17.5 Å². The van der Waals surface area contributed by atoms with Crippen LogP contribution in [0, 0.1) is 27.3 Å². The number of nitriles is 1. The average molecular weight is 346 g/mol. The van der Waals surface area contributed by atoms with Crippen molar-refractivity contribution in [3.05, 3.63) is 74.6 Å². The van der Waals surface area contributed by atoms with Crippen LogP contribution in [-0.4, -0.2) is 10.8 Å². The van der Waals surface area contributed by atoms with Gasteiger partial charge in [0.15, 0.2) is 0 Å². The number of nitrogens with one attached hydrogen (secondary N) is 1. The van der Waals surface area contributed by atoms with Crippen LogP contribution in [0.5, 0.6) is 0 Å². The Morgan fingerprint density at radius 2 is 2.04 bits per heavy atom. The first kappa shape index (κ1) is 17.1. The Labute approximate surface area is 140 Å². The summed E-state index contributed by atoms with van der Waals surface area (Å²) < 4.78 is 13.7. The number of halogens is 2. The lowest BCUT2D eigenvalue weighted by Gasteiger charge is -2.06. The number of carbonyl (C=O) groups excluding carboxylic acids is 1. The van der Waals surface area contributed by atoms with Crippen molar-refractivity contribution in [3.8, 4) is 6.07 Å². The second-order valence-electron chi connectivity index (χ2n) is 4.57. The summed E-state index contributed by atoms with van der Waals surface area (Å²) in [6, 6.07) is 10.9. The molecule has 0 heterocycles. The van der Waals surface area contributed by atoms with Crippen LogP contribution in [0.3, 0.4) is 0 Å². The van der Waals surface area contributed by atoms with Crippen LogP contribution in [0.1, 0.15) is 5.56 Å². The number of rotatable bonds is 4. The fourth-order valence-corrected chi connectivity index (χ4v) is 2.00. The molecule has 0 aliphatic carbocycles. The number of nitro benzene ring substituents is 1. The topological polar surface area (TPSA) is 96.0 Å². The Morgan fingerprint density at radius 1 is 1.33 bits per heavy atom. The maximum absolute atomic E-state index is 13.7. The third-order valence-corrected chi connectivity index (χ3v) is 3.32. The van der Waals surface area contributed by atoms with Crippen molar-refractivity contribution in [1.29, 1.82) is 5.26 Å². The van der Waals surface area contributed by atoms with E-state index in [1.165, 1.54) is 6.08 Å². The predicted octanol–water partition coefficient (Wildman–Crippen LogP) is 3.93. The summed E-state index contributed by atoms with van der Waals surface area (Å²) in [5, 5.41) is 22.3. The highest BCUT2D eigenvalue weighted by Crippen LogP contribution is 2.23. The molecule has 2 aromatic rings. The Morgan fingerprint density at radius 3 is 2.67 bits per heavy atom. The Hall–Kier alpha value is -3.24. The molecule has 0 bridgehead atoms. The number of carbonyl (C=O) groups is 1. The van der Waals surface area contributed by atoms with Crippen LogP contribution < -0.4 is 5.32 Å². The first-order valence-corrected chi connectivity index (χ1v) is 6.92. The molecule has 0 aliphatic rings. The van der Waals surface area contributed by atoms with E-state index in [9.17, 15) is 19.3 Å². The van der Waals surface area contributed by atoms with Crippen LogP contribution in [0.15, 0.2) is 48.0 Å². The fourth-order valence-electron chi connectivity index (χ4n) is 1.81. The molecule has 1 amide bonds. The summed E-state index contributed by atoms with van der Waals surface area (Å²) in [4.78, 5) is 22.1. The van der Waals surface area contributed by atoms with Crippen molar-refractivity contribution >= 4 is 35.0 Å². The molecule has 1 N–H and O–H groups in total. The first-order valence-electron chi connectivity index (χ1n) is 6.54. The zero-order chi connectivity index (χ0) is 17.7. The van der Waals surface area contributed by atoms with Gasteiger partial charge in [0.25, 0.3) is 11.6 Å². The van der Waals surface area contributed by atoms with Crippen molar-refractivity contribution in [2.24, 2.45) is 0 Å². The monoisotopic (exact) mass is 345 g/mol. The van der Waals surface area contributed by atoms with Gasteiger partial charge in [-0.2, -0.15) is 5.26 Å². The van der Waals surface area contributed by atoms with Crippen LogP contribution >= 0.6 is 11.6 Å². The van der Waals surface area contributed by atoms with Crippen LogP contribution in [0.25, 0.3) is 6.08 Å². The maximum Gasteiger partial charge on any atom is 0.271 e. The molecule has 0 aliphatic heterocycles. The minimum atomic E-state index is -0.906. The molecule has 6 nitrogen and oxygen atoms in total. The van der Waals surface area contributed by atoms with E-state index < -0.39 is 22.3 Å². The van der Waals surface area contributed by atoms with Crippen LogP contribution in [0.4, 0.5) is 15.8 Å². The van der Waals surface area contributed by atoms with Crippen molar-refractivity contribution in [1.82, 2.24) is 0 Å². The highest BCUT2D eigenvalue weighted by atomic mass is 35.5. The fraction of sp³-hybridized carbons (Fsp3) is 0. The molecule has 0 atom stereocenters. The zero-order valence-corrected chi connectivity index (χ0v) is 12.7. The molecule has 2 aromatic carbocycles. The highest BCUT2D eigenvalue weighted by Gasteiger charge is 2.16. The second kappa shape index (κ2) is 7.35. The Balaban J connectivity index is 2.31. The van der Waals surface area contributed by atoms with Crippen LogP contribution in [-0.2, 0) is 4.79 Å². The molecule has 2 rings (SSSR count). The van der Waals surface area contributed by atoms with Crippen LogP contribution in [0.2, 0.25) is 5.02 Å². The van der Waals surface area contributed by atoms with Gasteiger partial charge >= 0.3 is 0 Å². The van der Waals surface area contributed by atoms with Gasteiger partial charge in [-0.15, -0.1) is 0 Å². The second-order valence-corrected chi connectivity index (χ2v) is 4.97. The normalized spacial score (nSPS) is 10.8. The summed E-state index contributed by atoms with van der Waals surface area (Å²) in [5.41, 5.74) is -0.672. The number of hydrogen-bond acceptors (Lipinski definition) is 4. The van der Waals surface area contributed by atoms with Gasteiger partial charge in [-0.25, -0.2) is 4.39 Å². The van der Waals surface area contributed by atoms with Crippen molar-refractivity contribution in [2.75, 3.05) is 5.32 Å². The lowest BCUT2D eigenvalue weighted by atomic mass is 10.1. The van der Waals surface area contributed by atoms with E-state index in [-0.39, 0.29) is 11.3 Å². The summed E-state index contributed by atoms with van der Waals surface area (Å²) in [7, 11) is 0. The molecule has 8 heteroatoms. The van der Waals surface area contributed by atoms with E-state index >= 15 is 0 Å². The number of hydrogen-bond donors (Lipinski definition) is 1. The molecule has 0 radical (unpaired) electrons. The van der Waals surface area contributed by atoms with E-state index in [1.54, 1.807) is 30.3 Å². The minimum absolute atomic E-state index is 0.325. The summed E-state index contributed by atoms with van der Waals surface area (Å²) in [6.07, 6.45) is 1.24. The number of nitro groups is 1. The van der Waals surface area contributed by atoms with Gasteiger partial charge in [0.05, 0.1) is 10.6 Å². The lowest BCUT2D eigenvalue weighted by Crippen LogP contribution is -2.14. The van der Waals surface area contributed by atoms with E-state index in [1.807, 2.05) is 0 Å². The molecule has 0 saturated heterocycles. The molecule has 0 fully saturated rings. The van der Waals surface area contributed by atoms with Gasteiger partial charge in [0.2, 0.25) is 0 Å². The summed E-state index contributed by atoms with van der Waals surface area (Å²) >= 11 is 5.95. The molecular formula is C16H9ClFN3O3. The quantitative estimate of drug-likeness (QED) is 0.393. The van der Waals surface area contributed by atoms with Gasteiger partial charge in [0, 0.05) is 17.2 Å². The molecule has 0 unspecified atom stereocenters. The highest BCUT2D eigenvalue weighted by molar-refractivity contribution is 6.32. The third-order valence-electron chi connectivity index (χ3n) is 2.98. The van der Waals surface area contributed by atoms with Crippen molar-refractivity contribution in [3.63, 3.8) is 0 Å². The largest absolute Gasteiger partial charge is 0.319 e. The smallest absolute Gasteiger partial charge is 0.271 e. The number of nitrogens with zero attached hydrogens (tertiary/aromatic N) is 2. The van der Waals surface area contributed by atoms with Gasteiger partial charge in [-0.3, -0.25) is 14.9 Å². The SMILES string of the molecule is N#CC(=Cc1ccccc1Cl)C(=O)Nc1cc([N+](=O)[O-])ccc1F. The van der Waals surface area contributed by atoms with Gasteiger partial charge < -0.3 is 5.32 Å². The predicted molar refractivity (Wildman–Crippen MR) is 86.7 cm³/mol. The summed E-state index contributed by atoms with van der Waals surface area (Å²) in [6.45, 7) is 0. The van der Waals surface area contributed by atoms with Gasteiger partial charge in [-0.1, -0.05) is 29.8 Å². The molecule has 0 saturated carbocycles. The Bertz CT molecular complexity index is 890. The molecule has 0 aromatic heterocycles. The summed E-state index contributed by atoms with van der Waals surface area (Å²) in [5.74, 6) is -1.76. The average Bonchev–Trinajstić information content (AvgIpc) is 2.55. The standard InChI is InChI=1S/C16H9ClFN3O3/c17-13-4-2-1-3-10(13)7-11(9-19)16(22)20-15-8-12(21(23)24)5-6-14(15)18/h1-8H,(H,20,22). The zero-order valence-electron chi connectivity index (χ0n) is 12.0. The lowest BCUT2D eigenvalue weighted by molar-refractivity contribution is -0.384. The van der Waals surface area contributed by atoms with E-state index in [0.717, 1.165) is 18.2 Å². The molecule has 0 spiro atoms. The minimum Gasteiger partial charge on any atom is -0.319 e.